The number of ether oxygens (including phenoxy) is 1. The first kappa shape index (κ1) is 22.2. The van der Waals surface area contributed by atoms with E-state index in [4.69, 9.17) is 4.74 Å². The molecule has 1 aliphatic heterocycles. The Balaban J connectivity index is 1.33. The van der Waals surface area contributed by atoms with Crippen molar-refractivity contribution in [3.63, 3.8) is 0 Å². The SMILES string of the molecule is COc1ccc(C(=O)N2CCN(c3ccc(NC(=O)c4ccc(F)cc4F)cn3)CC2)cc1. The van der Waals surface area contributed by atoms with Gasteiger partial charge in [-0.05, 0) is 48.5 Å². The number of piperazine rings is 1. The van der Waals surface area contributed by atoms with E-state index in [0.717, 1.165) is 12.1 Å². The van der Waals surface area contributed by atoms with E-state index in [1.807, 2.05) is 4.90 Å². The first-order chi connectivity index (χ1) is 15.9. The summed E-state index contributed by atoms with van der Waals surface area (Å²) in [6, 6.07) is 13.2. The van der Waals surface area contributed by atoms with Crippen molar-refractivity contribution >= 4 is 23.3 Å². The van der Waals surface area contributed by atoms with Crippen LogP contribution in [0.4, 0.5) is 20.3 Å². The Labute approximate surface area is 189 Å². The lowest BCUT2D eigenvalue weighted by molar-refractivity contribution is 0.0746. The minimum Gasteiger partial charge on any atom is -0.497 e. The number of halogens is 2. The number of amides is 2. The highest BCUT2D eigenvalue weighted by Crippen LogP contribution is 2.19. The largest absolute Gasteiger partial charge is 0.497 e. The van der Waals surface area contributed by atoms with E-state index in [1.165, 1.54) is 6.20 Å². The number of anilines is 2. The summed E-state index contributed by atoms with van der Waals surface area (Å²) in [7, 11) is 1.58. The fourth-order valence-electron chi connectivity index (χ4n) is 3.57. The number of benzene rings is 2. The number of carbonyl (C=O) groups excluding carboxylic acids is 2. The molecule has 0 spiro atoms. The second kappa shape index (κ2) is 9.64. The lowest BCUT2D eigenvalue weighted by Gasteiger charge is -2.35. The molecule has 2 heterocycles. The highest BCUT2D eigenvalue weighted by Gasteiger charge is 2.23. The van der Waals surface area contributed by atoms with E-state index in [1.54, 1.807) is 48.4 Å². The Bertz CT molecular complexity index is 1150. The Morgan fingerprint density at radius 1 is 0.970 bits per heavy atom. The number of aromatic nitrogens is 1. The van der Waals surface area contributed by atoms with Crippen molar-refractivity contribution in [2.45, 2.75) is 0 Å². The van der Waals surface area contributed by atoms with Gasteiger partial charge in [-0.2, -0.15) is 0 Å². The van der Waals surface area contributed by atoms with Crippen LogP contribution in [-0.2, 0) is 0 Å². The zero-order chi connectivity index (χ0) is 23.4. The monoisotopic (exact) mass is 452 g/mol. The Morgan fingerprint density at radius 2 is 1.70 bits per heavy atom. The second-order valence-corrected chi connectivity index (χ2v) is 7.49. The van der Waals surface area contributed by atoms with Crippen molar-refractivity contribution in [2.75, 3.05) is 43.5 Å². The van der Waals surface area contributed by atoms with E-state index in [-0.39, 0.29) is 11.5 Å². The van der Waals surface area contributed by atoms with E-state index < -0.39 is 17.5 Å². The van der Waals surface area contributed by atoms with Crippen molar-refractivity contribution in [1.29, 1.82) is 0 Å². The molecule has 4 rings (SSSR count). The standard InChI is InChI=1S/C24H22F2N4O3/c1-33-19-6-2-16(3-7-19)24(32)30-12-10-29(11-13-30)22-9-5-18(15-27-22)28-23(31)20-8-4-17(25)14-21(20)26/h2-9,14-15H,10-13H2,1H3,(H,28,31). The highest BCUT2D eigenvalue weighted by molar-refractivity contribution is 6.04. The van der Waals surface area contributed by atoms with Crippen molar-refractivity contribution in [1.82, 2.24) is 9.88 Å². The number of carbonyl (C=O) groups is 2. The molecule has 1 aromatic heterocycles. The van der Waals surface area contributed by atoms with Gasteiger partial charge in [-0.3, -0.25) is 9.59 Å². The van der Waals surface area contributed by atoms with Crippen LogP contribution in [0.2, 0.25) is 0 Å². The summed E-state index contributed by atoms with van der Waals surface area (Å²) in [6.07, 6.45) is 1.48. The van der Waals surface area contributed by atoms with Crippen LogP contribution in [0.1, 0.15) is 20.7 Å². The van der Waals surface area contributed by atoms with Crippen LogP contribution in [0.25, 0.3) is 0 Å². The van der Waals surface area contributed by atoms with Gasteiger partial charge in [-0.25, -0.2) is 13.8 Å². The predicted octanol–water partition coefficient (Wildman–Crippen LogP) is 3.58. The predicted molar refractivity (Wildman–Crippen MR) is 120 cm³/mol. The van der Waals surface area contributed by atoms with Gasteiger partial charge < -0.3 is 19.9 Å². The number of hydrogen-bond acceptors (Lipinski definition) is 5. The molecule has 0 unspecified atom stereocenters. The summed E-state index contributed by atoms with van der Waals surface area (Å²) in [5.41, 5.74) is 0.749. The molecular weight excluding hydrogens is 430 g/mol. The van der Waals surface area contributed by atoms with Gasteiger partial charge in [0.1, 0.15) is 23.2 Å². The maximum absolute atomic E-state index is 13.8. The van der Waals surface area contributed by atoms with Crippen LogP contribution in [0, 0.1) is 11.6 Å². The van der Waals surface area contributed by atoms with E-state index in [9.17, 15) is 18.4 Å². The Kier molecular flexibility index (Phi) is 6.48. The third-order valence-corrected chi connectivity index (χ3v) is 5.41. The molecule has 1 N–H and O–H groups in total. The maximum atomic E-state index is 13.8. The van der Waals surface area contributed by atoms with Gasteiger partial charge in [-0.1, -0.05) is 0 Å². The molecule has 0 bridgehead atoms. The Morgan fingerprint density at radius 3 is 2.30 bits per heavy atom. The smallest absolute Gasteiger partial charge is 0.258 e. The average Bonchev–Trinajstić information content (AvgIpc) is 2.84. The maximum Gasteiger partial charge on any atom is 0.258 e. The number of nitrogens with one attached hydrogen (secondary N) is 1. The van der Waals surface area contributed by atoms with Crippen LogP contribution in [0.3, 0.4) is 0 Å². The molecule has 1 fully saturated rings. The van der Waals surface area contributed by atoms with Crippen LogP contribution in [0.5, 0.6) is 5.75 Å². The highest BCUT2D eigenvalue weighted by atomic mass is 19.1. The van der Waals surface area contributed by atoms with Gasteiger partial charge in [0.05, 0.1) is 24.6 Å². The van der Waals surface area contributed by atoms with Gasteiger partial charge in [0.25, 0.3) is 11.8 Å². The lowest BCUT2D eigenvalue weighted by atomic mass is 10.1. The number of hydrogen-bond donors (Lipinski definition) is 1. The molecular formula is C24H22F2N4O3. The fourth-order valence-corrected chi connectivity index (χ4v) is 3.57. The molecule has 170 valence electrons. The molecule has 0 aliphatic carbocycles. The van der Waals surface area contributed by atoms with Crippen LogP contribution >= 0.6 is 0 Å². The summed E-state index contributed by atoms with van der Waals surface area (Å²) in [4.78, 5) is 33.2. The van der Waals surface area contributed by atoms with Crippen molar-refractivity contribution in [3.8, 4) is 5.75 Å². The van der Waals surface area contributed by atoms with E-state index >= 15 is 0 Å². The van der Waals surface area contributed by atoms with Crippen LogP contribution in [0.15, 0.2) is 60.8 Å². The quantitative estimate of drug-likeness (QED) is 0.641. The third-order valence-electron chi connectivity index (χ3n) is 5.41. The molecule has 3 aromatic rings. The third kappa shape index (κ3) is 5.08. The number of rotatable bonds is 5. The molecule has 9 heteroatoms. The summed E-state index contributed by atoms with van der Waals surface area (Å²) in [5, 5.41) is 2.55. The number of pyridine rings is 1. The minimum atomic E-state index is -0.931. The molecule has 1 saturated heterocycles. The van der Waals surface area contributed by atoms with Gasteiger partial charge in [0.2, 0.25) is 0 Å². The van der Waals surface area contributed by atoms with Crippen molar-refractivity contribution < 1.29 is 23.1 Å². The zero-order valence-corrected chi connectivity index (χ0v) is 17.9. The Hall–Kier alpha value is -4.01. The minimum absolute atomic E-state index is 0.0312. The van der Waals surface area contributed by atoms with Gasteiger partial charge in [-0.15, -0.1) is 0 Å². The fraction of sp³-hybridized carbons (Fsp3) is 0.208. The van der Waals surface area contributed by atoms with E-state index in [2.05, 4.69) is 10.3 Å². The molecule has 2 aromatic carbocycles. The molecule has 0 saturated carbocycles. The molecule has 0 atom stereocenters. The molecule has 0 radical (unpaired) electrons. The summed E-state index contributed by atoms with van der Waals surface area (Å²) < 4.78 is 31.9. The molecule has 33 heavy (non-hydrogen) atoms. The van der Waals surface area contributed by atoms with Gasteiger partial charge in [0, 0.05) is 37.8 Å². The summed E-state index contributed by atoms with van der Waals surface area (Å²) >= 11 is 0. The van der Waals surface area contributed by atoms with Crippen LogP contribution < -0.4 is 15.0 Å². The average molecular weight is 452 g/mol. The van der Waals surface area contributed by atoms with Crippen LogP contribution in [-0.4, -0.2) is 55.0 Å². The summed E-state index contributed by atoms with van der Waals surface area (Å²) in [5.74, 6) is -0.994. The first-order valence-corrected chi connectivity index (χ1v) is 10.4. The number of nitrogens with zero attached hydrogens (tertiary/aromatic N) is 3. The van der Waals surface area contributed by atoms with Gasteiger partial charge in [0.15, 0.2) is 0 Å². The van der Waals surface area contributed by atoms with Crippen molar-refractivity contribution in [2.24, 2.45) is 0 Å². The lowest BCUT2D eigenvalue weighted by Crippen LogP contribution is -2.49. The van der Waals surface area contributed by atoms with E-state index in [0.29, 0.717) is 55.1 Å². The van der Waals surface area contributed by atoms with Crippen molar-refractivity contribution in [3.05, 3.63) is 83.6 Å². The topological polar surface area (TPSA) is 74.8 Å². The normalized spacial score (nSPS) is 13.5. The van der Waals surface area contributed by atoms with Gasteiger partial charge >= 0.3 is 0 Å². The molecule has 1 aliphatic rings. The second-order valence-electron chi connectivity index (χ2n) is 7.49. The first-order valence-electron chi connectivity index (χ1n) is 10.4. The summed E-state index contributed by atoms with van der Waals surface area (Å²) in [6.45, 7) is 2.33. The molecule has 7 nitrogen and oxygen atoms in total. The zero-order valence-electron chi connectivity index (χ0n) is 17.9. The molecule has 2 amide bonds. The number of methoxy groups -OCH3 is 1.